The molecule has 1 N–H and O–H groups in total. The van der Waals surface area contributed by atoms with Gasteiger partial charge in [-0.1, -0.05) is 0 Å². The van der Waals surface area contributed by atoms with Crippen molar-refractivity contribution in [3.8, 4) is 0 Å². The Kier molecular flexibility index (Phi) is 5.91. The molecule has 0 aliphatic heterocycles. The number of carbonyl (C=O) groups is 1. The van der Waals surface area contributed by atoms with Crippen molar-refractivity contribution in [1.82, 2.24) is 10.3 Å². The minimum Gasteiger partial charge on any atom is -0.465 e. The molecule has 7 heteroatoms. The minimum absolute atomic E-state index is 0.175. The van der Waals surface area contributed by atoms with Crippen LogP contribution in [0.2, 0.25) is 0 Å². The Morgan fingerprint density at radius 2 is 2.16 bits per heavy atom. The molecule has 0 aromatic carbocycles. The zero-order chi connectivity index (χ0) is 14.3. The summed E-state index contributed by atoms with van der Waals surface area (Å²) in [6.45, 7) is 1.14. The van der Waals surface area contributed by atoms with Crippen LogP contribution in [-0.2, 0) is 21.1 Å². The summed E-state index contributed by atoms with van der Waals surface area (Å²) in [6.07, 6.45) is 3.25. The van der Waals surface area contributed by atoms with E-state index < -0.39 is 15.8 Å². The molecule has 0 atom stereocenters. The Balaban J connectivity index is 2.32. The second kappa shape index (κ2) is 7.20. The maximum Gasteiger partial charge on any atom is 0.339 e. The van der Waals surface area contributed by atoms with Crippen LogP contribution >= 0.6 is 0 Å². The molecular formula is C12H18N2O4S. The van der Waals surface area contributed by atoms with Gasteiger partial charge in [-0.3, -0.25) is 4.98 Å². The van der Waals surface area contributed by atoms with E-state index in [4.69, 9.17) is 0 Å². The van der Waals surface area contributed by atoms with E-state index in [9.17, 15) is 13.2 Å². The summed E-state index contributed by atoms with van der Waals surface area (Å²) >= 11 is 0. The van der Waals surface area contributed by atoms with E-state index in [1.54, 1.807) is 12.1 Å². The monoisotopic (exact) mass is 286 g/mol. The largest absolute Gasteiger partial charge is 0.465 e. The van der Waals surface area contributed by atoms with Gasteiger partial charge in [0, 0.05) is 19.0 Å². The van der Waals surface area contributed by atoms with Gasteiger partial charge in [0.25, 0.3) is 0 Å². The first kappa shape index (κ1) is 15.6. The SMILES string of the molecule is COC(=O)c1ccc(CNCCCS(C)(=O)=O)nc1. The number of hydrogen-bond acceptors (Lipinski definition) is 6. The van der Waals surface area contributed by atoms with Crippen molar-refractivity contribution in [3.63, 3.8) is 0 Å². The third-order valence-electron chi connectivity index (χ3n) is 2.42. The van der Waals surface area contributed by atoms with E-state index in [0.29, 0.717) is 25.1 Å². The smallest absolute Gasteiger partial charge is 0.339 e. The first-order valence-electron chi connectivity index (χ1n) is 5.84. The van der Waals surface area contributed by atoms with Crippen LogP contribution in [0.1, 0.15) is 22.5 Å². The van der Waals surface area contributed by atoms with Gasteiger partial charge in [-0.2, -0.15) is 0 Å². The van der Waals surface area contributed by atoms with Gasteiger partial charge in [-0.05, 0) is 25.1 Å². The third-order valence-corrected chi connectivity index (χ3v) is 3.45. The highest BCUT2D eigenvalue weighted by atomic mass is 32.2. The van der Waals surface area contributed by atoms with E-state index in [0.717, 1.165) is 5.69 Å². The zero-order valence-electron chi connectivity index (χ0n) is 11.0. The van der Waals surface area contributed by atoms with E-state index >= 15 is 0 Å². The third kappa shape index (κ3) is 6.30. The van der Waals surface area contributed by atoms with Crippen LogP contribution < -0.4 is 5.32 Å². The molecule has 0 aliphatic carbocycles. The molecule has 6 nitrogen and oxygen atoms in total. The molecule has 0 saturated heterocycles. The quantitative estimate of drug-likeness (QED) is 0.576. The normalized spacial score (nSPS) is 11.3. The van der Waals surface area contributed by atoms with Crippen LogP contribution in [-0.4, -0.2) is 45.0 Å². The lowest BCUT2D eigenvalue weighted by atomic mass is 10.2. The maximum atomic E-state index is 11.2. The number of pyridine rings is 1. The Hall–Kier alpha value is -1.47. The van der Waals surface area contributed by atoms with Crippen molar-refractivity contribution >= 4 is 15.8 Å². The highest BCUT2D eigenvalue weighted by Gasteiger charge is 2.05. The van der Waals surface area contributed by atoms with Crippen LogP contribution in [0.15, 0.2) is 18.3 Å². The Bertz CT molecular complexity index is 511. The number of methoxy groups -OCH3 is 1. The van der Waals surface area contributed by atoms with Gasteiger partial charge >= 0.3 is 5.97 Å². The molecule has 0 radical (unpaired) electrons. The van der Waals surface area contributed by atoms with E-state index in [2.05, 4.69) is 15.0 Å². The summed E-state index contributed by atoms with van der Waals surface area (Å²) in [5.41, 5.74) is 1.19. The van der Waals surface area contributed by atoms with E-state index in [1.807, 2.05) is 0 Å². The summed E-state index contributed by atoms with van der Waals surface area (Å²) < 4.78 is 26.4. The Morgan fingerprint density at radius 3 is 2.68 bits per heavy atom. The summed E-state index contributed by atoms with van der Waals surface area (Å²) in [5.74, 6) is -0.241. The number of aromatic nitrogens is 1. The van der Waals surface area contributed by atoms with Gasteiger partial charge in [-0.15, -0.1) is 0 Å². The molecule has 0 aliphatic rings. The number of sulfone groups is 1. The fourth-order valence-electron chi connectivity index (χ4n) is 1.44. The highest BCUT2D eigenvalue weighted by Crippen LogP contribution is 2.01. The standard InChI is InChI=1S/C12H18N2O4S/c1-18-12(15)10-4-5-11(14-8-10)9-13-6-3-7-19(2,16)17/h4-5,8,13H,3,6-7,9H2,1-2H3. The molecule has 0 amide bonds. The predicted molar refractivity (Wildman–Crippen MR) is 71.6 cm³/mol. The fourth-order valence-corrected chi connectivity index (χ4v) is 2.11. The molecule has 0 bridgehead atoms. The van der Waals surface area contributed by atoms with Gasteiger partial charge in [0.1, 0.15) is 9.84 Å². The topological polar surface area (TPSA) is 85.4 Å². The average molecular weight is 286 g/mol. The van der Waals surface area contributed by atoms with Crippen LogP contribution in [0.5, 0.6) is 0 Å². The molecule has 1 aromatic heterocycles. The van der Waals surface area contributed by atoms with Crippen molar-refractivity contribution < 1.29 is 17.9 Å². The maximum absolute atomic E-state index is 11.2. The summed E-state index contributed by atoms with van der Waals surface area (Å²) in [6, 6.07) is 3.38. The van der Waals surface area contributed by atoms with Crippen LogP contribution in [0, 0.1) is 0 Å². The highest BCUT2D eigenvalue weighted by molar-refractivity contribution is 7.90. The number of esters is 1. The number of ether oxygens (including phenoxy) is 1. The molecule has 106 valence electrons. The number of nitrogens with zero attached hydrogens (tertiary/aromatic N) is 1. The van der Waals surface area contributed by atoms with E-state index in [-0.39, 0.29) is 5.75 Å². The van der Waals surface area contributed by atoms with Crippen LogP contribution in [0.4, 0.5) is 0 Å². The number of carbonyl (C=O) groups excluding carboxylic acids is 1. The molecule has 0 saturated carbocycles. The second-order valence-electron chi connectivity index (χ2n) is 4.19. The van der Waals surface area contributed by atoms with Gasteiger partial charge in [0.15, 0.2) is 0 Å². The number of rotatable bonds is 7. The summed E-state index contributed by atoms with van der Waals surface area (Å²) in [5, 5.41) is 3.09. The molecular weight excluding hydrogens is 268 g/mol. The first-order valence-corrected chi connectivity index (χ1v) is 7.90. The van der Waals surface area contributed by atoms with Gasteiger partial charge in [0.2, 0.25) is 0 Å². The van der Waals surface area contributed by atoms with Crippen molar-refractivity contribution in [1.29, 1.82) is 0 Å². The molecule has 0 fully saturated rings. The molecule has 1 heterocycles. The number of hydrogen-bond donors (Lipinski definition) is 1. The molecule has 0 unspecified atom stereocenters. The molecule has 1 aromatic rings. The minimum atomic E-state index is -2.89. The van der Waals surface area contributed by atoms with Crippen molar-refractivity contribution in [2.75, 3.05) is 25.7 Å². The lowest BCUT2D eigenvalue weighted by Gasteiger charge is -2.04. The van der Waals surface area contributed by atoms with Crippen LogP contribution in [0.3, 0.4) is 0 Å². The van der Waals surface area contributed by atoms with Crippen LogP contribution in [0.25, 0.3) is 0 Å². The zero-order valence-corrected chi connectivity index (χ0v) is 11.9. The average Bonchev–Trinajstić information content (AvgIpc) is 2.37. The summed E-state index contributed by atoms with van der Waals surface area (Å²) in [7, 11) is -1.58. The lowest BCUT2D eigenvalue weighted by Crippen LogP contribution is -2.18. The van der Waals surface area contributed by atoms with Crippen molar-refractivity contribution in [3.05, 3.63) is 29.6 Å². The number of nitrogens with one attached hydrogen (secondary N) is 1. The van der Waals surface area contributed by atoms with Crippen molar-refractivity contribution in [2.45, 2.75) is 13.0 Å². The van der Waals surface area contributed by atoms with Gasteiger partial charge < -0.3 is 10.1 Å². The summed E-state index contributed by atoms with van der Waals surface area (Å²) in [4.78, 5) is 15.3. The molecule has 1 rings (SSSR count). The fraction of sp³-hybridized carbons (Fsp3) is 0.500. The Labute approximate surface area is 113 Å². The molecule has 19 heavy (non-hydrogen) atoms. The lowest BCUT2D eigenvalue weighted by molar-refractivity contribution is 0.0600. The Morgan fingerprint density at radius 1 is 1.42 bits per heavy atom. The second-order valence-corrected chi connectivity index (χ2v) is 6.45. The first-order chi connectivity index (χ1) is 8.92. The van der Waals surface area contributed by atoms with Gasteiger partial charge in [0.05, 0.1) is 24.1 Å². The molecule has 0 spiro atoms. The predicted octanol–water partition coefficient (Wildman–Crippen LogP) is 0.393. The van der Waals surface area contributed by atoms with Crippen molar-refractivity contribution in [2.24, 2.45) is 0 Å². The van der Waals surface area contributed by atoms with E-state index in [1.165, 1.54) is 19.6 Å². The van der Waals surface area contributed by atoms with Gasteiger partial charge in [-0.25, -0.2) is 13.2 Å².